The number of anilines is 1. The zero-order valence-electron chi connectivity index (χ0n) is 17.9. The summed E-state index contributed by atoms with van der Waals surface area (Å²) in [6.07, 6.45) is 1.74. The highest BCUT2D eigenvalue weighted by Gasteiger charge is 2.41. The molecule has 9 nitrogen and oxygen atoms in total. The van der Waals surface area contributed by atoms with Crippen molar-refractivity contribution in [2.24, 2.45) is 10.8 Å². The highest BCUT2D eigenvalue weighted by atomic mass is 35.5. The largest absolute Gasteiger partial charge is 0.419 e. The van der Waals surface area contributed by atoms with Crippen LogP contribution in [0.25, 0.3) is 11.5 Å². The number of hydrogen-bond donors (Lipinski definition) is 1. The van der Waals surface area contributed by atoms with Crippen LogP contribution < -0.4 is 10.7 Å². The van der Waals surface area contributed by atoms with E-state index in [1.807, 2.05) is 0 Å². The van der Waals surface area contributed by atoms with Crippen LogP contribution in [0.1, 0.15) is 25.2 Å². The number of benzene rings is 2. The monoisotopic (exact) mass is 482 g/mol. The molecule has 2 N–H and O–H groups in total. The summed E-state index contributed by atoms with van der Waals surface area (Å²) in [7, 11) is 0. The maximum Gasteiger partial charge on any atom is 0.270 e. The molecule has 1 aliphatic carbocycles. The minimum absolute atomic E-state index is 0.0213. The lowest BCUT2D eigenvalue weighted by Gasteiger charge is -2.20. The van der Waals surface area contributed by atoms with Crippen LogP contribution in [0.5, 0.6) is 0 Å². The van der Waals surface area contributed by atoms with Gasteiger partial charge in [0, 0.05) is 23.0 Å². The standard InChI is InChI=1S/C23H20ClFN6O3/c24-14-3-1-13(2-4-14)22-28-27-20(34-22)12-30(16-9-10-16)23(33)18-11-19(21(26)32)31(29-18)17-7-5-15(25)6-8-17/h1-8,16,19H,9-12H2,(H2,26,32). The molecule has 1 fully saturated rings. The Morgan fingerprint density at radius 3 is 2.47 bits per heavy atom. The molecule has 1 aliphatic heterocycles. The van der Waals surface area contributed by atoms with Crippen LogP contribution in [0, 0.1) is 5.82 Å². The Balaban J connectivity index is 1.36. The molecule has 0 bridgehead atoms. The minimum Gasteiger partial charge on any atom is -0.419 e. The Morgan fingerprint density at radius 2 is 1.82 bits per heavy atom. The van der Waals surface area contributed by atoms with Crippen molar-refractivity contribution in [2.75, 3.05) is 5.01 Å². The van der Waals surface area contributed by atoms with Gasteiger partial charge in [-0.25, -0.2) is 4.39 Å². The number of rotatable bonds is 7. The molecular formula is C23H20ClFN6O3. The molecule has 34 heavy (non-hydrogen) atoms. The summed E-state index contributed by atoms with van der Waals surface area (Å²) in [6.45, 7) is 0.112. The third kappa shape index (κ3) is 4.49. The summed E-state index contributed by atoms with van der Waals surface area (Å²) in [6, 6.07) is 11.6. The lowest BCUT2D eigenvalue weighted by Crippen LogP contribution is -2.41. The zero-order chi connectivity index (χ0) is 23.8. The molecule has 2 amide bonds. The number of aromatic nitrogens is 2. The van der Waals surface area contributed by atoms with E-state index in [1.165, 1.54) is 29.3 Å². The second-order valence-corrected chi connectivity index (χ2v) is 8.60. The van der Waals surface area contributed by atoms with Gasteiger partial charge in [-0.15, -0.1) is 10.2 Å². The van der Waals surface area contributed by atoms with E-state index in [4.69, 9.17) is 21.8 Å². The number of carbonyl (C=O) groups is 2. The van der Waals surface area contributed by atoms with Crippen LogP contribution in [0.3, 0.4) is 0 Å². The van der Waals surface area contributed by atoms with Gasteiger partial charge in [-0.2, -0.15) is 5.10 Å². The average Bonchev–Trinajstić information content (AvgIpc) is 3.38. The molecule has 0 spiro atoms. The van der Waals surface area contributed by atoms with Gasteiger partial charge in [-0.3, -0.25) is 14.6 Å². The number of hydrazone groups is 1. The molecule has 1 unspecified atom stereocenters. The van der Waals surface area contributed by atoms with Crippen molar-refractivity contribution in [3.8, 4) is 11.5 Å². The van der Waals surface area contributed by atoms with Crippen molar-refractivity contribution < 1.29 is 18.4 Å². The fourth-order valence-corrected chi connectivity index (χ4v) is 3.91. The van der Waals surface area contributed by atoms with Gasteiger partial charge in [0.25, 0.3) is 5.91 Å². The first-order valence-electron chi connectivity index (χ1n) is 10.7. The lowest BCUT2D eigenvalue weighted by molar-refractivity contribution is -0.125. The summed E-state index contributed by atoms with van der Waals surface area (Å²) in [5.74, 6) is -0.769. The lowest BCUT2D eigenvalue weighted by atomic mass is 10.1. The van der Waals surface area contributed by atoms with Gasteiger partial charge in [0.2, 0.25) is 17.7 Å². The average molecular weight is 483 g/mol. The number of nitrogens with two attached hydrogens (primary N) is 1. The fraction of sp³-hybridized carbons (Fsp3) is 0.261. The predicted molar refractivity (Wildman–Crippen MR) is 122 cm³/mol. The predicted octanol–water partition coefficient (Wildman–Crippen LogP) is 3.14. The van der Waals surface area contributed by atoms with Crippen molar-refractivity contribution in [3.63, 3.8) is 0 Å². The highest BCUT2D eigenvalue weighted by molar-refractivity contribution is 6.40. The van der Waals surface area contributed by atoms with Crippen LogP contribution in [0.4, 0.5) is 10.1 Å². The molecule has 0 radical (unpaired) electrons. The van der Waals surface area contributed by atoms with Crippen molar-refractivity contribution in [1.82, 2.24) is 15.1 Å². The molecular weight excluding hydrogens is 463 g/mol. The Kier molecular flexibility index (Phi) is 5.74. The van der Waals surface area contributed by atoms with Crippen molar-refractivity contribution in [1.29, 1.82) is 0 Å². The van der Waals surface area contributed by atoms with Crippen molar-refractivity contribution in [2.45, 2.75) is 37.9 Å². The molecule has 1 aromatic heterocycles. The number of carbonyl (C=O) groups excluding carboxylic acids is 2. The molecule has 2 aliphatic rings. The molecule has 3 aromatic rings. The molecule has 1 saturated carbocycles. The van der Waals surface area contributed by atoms with E-state index in [2.05, 4.69) is 15.3 Å². The molecule has 2 heterocycles. The first-order valence-corrected chi connectivity index (χ1v) is 11.1. The van der Waals surface area contributed by atoms with Crippen LogP contribution in [-0.2, 0) is 16.1 Å². The number of nitrogens with zero attached hydrogens (tertiary/aromatic N) is 5. The van der Waals surface area contributed by atoms with Crippen LogP contribution in [0.15, 0.2) is 58.0 Å². The van der Waals surface area contributed by atoms with Gasteiger partial charge in [-0.05, 0) is 61.4 Å². The second kappa shape index (κ2) is 8.86. The first kappa shape index (κ1) is 22.0. The molecule has 2 aromatic carbocycles. The molecule has 5 rings (SSSR count). The molecule has 1 atom stereocenters. The van der Waals surface area contributed by atoms with E-state index >= 15 is 0 Å². The van der Waals surface area contributed by atoms with Gasteiger partial charge < -0.3 is 15.1 Å². The maximum absolute atomic E-state index is 13.4. The van der Waals surface area contributed by atoms with Crippen molar-refractivity contribution in [3.05, 3.63) is 65.3 Å². The van der Waals surface area contributed by atoms with Gasteiger partial charge in [0.1, 0.15) is 17.6 Å². The normalized spacial score (nSPS) is 17.5. The van der Waals surface area contributed by atoms with Gasteiger partial charge >= 0.3 is 0 Å². The summed E-state index contributed by atoms with van der Waals surface area (Å²) in [5, 5.41) is 14.5. The number of amides is 2. The first-order chi connectivity index (χ1) is 16.4. The highest BCUT2D eigenvalue weighted by Crippen LogP contribution is 2.31. The summed E-state index contributed by atoms with van der Waals surface area (Å²) < 4.78 is 19.1. The Labute approximate surface area is 199 Å². The Bertz CT molecular complexity index is 1260. The number of primary amides is 1. The SMILES string of the molecule is NC(=O)C1CC(C(=O)N(Cc2nnc(-c3ccc(Cl)cc3)o2)C2CC2)=NN1c1ccc(F)cc1. The third-order valence-corrected chi connectivity index (χ3v) is 5.94. The van der Waals surface area contributed by atoms with Gasteiger partial charge in [-0.1, -0.05) is 11.6 Å². The van der Waals surface area contributed by atoms with Crippen LogP contribution in [0.2, 0.25) is 5.02 Å². The van der Waals surface area contributed by atoms with E-state index in [0.29, 0.717) is 22.2 Å². The summed E-state index contributed by atoms with van der Waals surface area (Å²) >= 11 is 5.93. The van der Waals surface area contributed by atoms with E-state index in [0.717, 1.165) is 12.8 Å². The van der Waals surface area contributed by atoms with Crippen molar-refractivity contribution >= 4 is 34.8 Å². The summed E-state index contributed by atoms with van der Waals surface area (Å²) in [4.78, 5) is 27.1. The molecule has 11 heteroatoms. The topological polar surface area (TPSA) is 118 Å². The number of halogens is 2. The van der Waals surface area contributed by atoms with Crippen LogP contribution >= 0.6 is 11.6 Å². The fourth-order valence-electron chi connectivity index (χ4n) is 3.78. The Hall–Kier alpha value is -3.79. The van der Waals surface area contributed by atoms with E-state index in [-0.39, 0.29) is 36.5 Å². The van der Waals surface area contributed by atoms with E-state index < -0.39 is 17.8 Å². The molecule has 174 valence electrons. The minimum atomic E-state index is -0.842. The Morgan fingerprint density at radius 1 is 1.12 bits per heavy atom. The van der Waals surface area contributed by atoms with Crippen LogP contribution in [-0.4, -0.2) is 44.7 Å². The zero-order valence-corrected chi connectivity index (χ0v) is 18.7. The van der Waals surface area contributed by atoms with E-state index in [9.17, 15) is 14.0 Å². The van der Waals surface area contributed by atoms with Gasteiger partial charge in [0.15, 0.2) is 0 Å². The quantitative estimate of drug-likeness (QED) is 0.552. The van der Waals surface area contributed by atoms with E-state index in [1.54, 1.807) is 29.2 Å². The smallest absolute Gasteiger partial charge is 0.270 e. The second-order valence-electron chi connectivity index (χ2n) is 8.16. The number of hydrogen-bond acceptors (Lipinski definition) is 7. The molecule has 0 saturated heterocycles. The van der Waals surface area contributed by atoms with Gasteiger partial charge in [0.05, 0.1) is 12.2 Å². The maximum atomic E-state index is 13.4. The summed E-state index contributed by atoms with van der Waals surface area (Å²) in [5.41, 5.74) is 6.94. The third-order valence-electron chi connectivity index (χ3n) is 5.69.